The van der Waals surface area contributed by atoms with Crippen molar-refractivity contribution in [3.05, 3.63) is 144 Å². The van der Waals surface area contributed by atoms with Crippen molar-refractivity contribution in [1.29, 1.82) is 0 Å². The summed E-state index contributed by atoms with van der Waals surface area (Å²) in [5.41, 5.74) is -4.41. The van der Waals surface area contributed by atoms with Crippen molar-refractivity contribution in [3.63, 3.8) is 0 Å². The fraction of sp³-hybridized carbons (Fsp3) is 0.294. The van der Waals surface area contributed by atoms with E-state index in [1.807, 2.05) is 72.8 Å². The van der Waals surface area contributed by atoms with Crippen molar-refractivity contribution in [2.24, 2.45) is 0 Å². The lowest BCUT2D eigenvalue weighted by molar-refractivity contribution is -0.440. The molecule has 4 aromatic rings. The van der Waals surface area contributed by atoms with Gasteiger partial charge in [0.25, 0.3) is 0 Å². The average molecular weight is 541 g/mol. The molecule has 5 atom stereocenters. The molecule has 1 aliphatic rings. The Morgan fingerprint density at radius 2 is 0.825 bits per heavy atom. The van der Waals surface area contributed by atoms with Gasteiger partial charge in [-0.25, -0.2) is 0 Å². The lowest BCUT2D eigenvalue weighted by atomic mass is 9.56. The number of hydrogen-bond acceptors (Lipinski definition) is 6. The molecule has 1 aliphatic heterocycles. The molecule has 40 heavy (non-hydrogen) atoms. The van der Waals surface area contributed by atoms with Crippen molar-refractivity contribution in [1.82, 2.24) is 0 Å². The van der Waals surface area contributed by atoms with Crippen molar-refractivity contribution in [3.8, 4) is 0 Å². The highest BCUT2D eigenvalue weighted by Crippen LogP contribution is 2.53. The summed E-state index contributed by atoms with van der Waals surface area (Å²) in [4.78, 5) is 0. The third kappa shape index (κ3) is 4.99. The van der Waals surface area contributed by atoms with Gasteiger partial charge in [-0.1, -0.05) is 121 Å². The summed E-state index contributed by atoms with van der Waals surface area (Å²) < 4.78 is 6.18. The van der Waals surface area contributed by atoms with E-state index in [4.69, 9.17) is 4.74 Å². The molecule has 5 N–H and O–H groups in total. The highest BCUT2D eigenvalue weighted by molar-refractivity contribution is 5.35. The normalized spacial score (nSPS) is 30.2. The molecule has 208 valence electrons. The summed E-state index contributed by atoms with van der Waals surface area (Å²) in [6, 6.07) is 36.2. The summed E-state index contributed by atoms with van der Waals surface area (Å²) in [6.07, 6.45) is -2.19. The predicted molar refractivity (Wildman–Crippen MR) is 152 cm³/mol. The zero-order chi connectivity index (χ0) is 28.3. The van der Waals surface area contributed by atoms with Crippen LogP contribution in [-0.4, -0.2) is 60.8 Å². The molecule has 6 nitrogen and oxygen atoms in total. The van der Waals surface area contributed by atoms with Gasteiger partial charge in [-0.05, 0) is 22.3 Å². The Bertz CT molecular complexity index is 1370. The topological polar surface area (TPSA) is 110 Å². The van der Waals surface area contributed by atoms with Gasteiger partial charge in [0.1, 0.15) is 17.3 Å². The van der Waals surface area contributed by atoms with Crippen LogP contribution in [0.2, 0.25) is 0 Å². The fourth-order valence-corrected chi connectivity index (χ4v) is 6.16. The van der Waals surface area contributed by atoms with Crippen LogP contribution in [0.3, 0.4) is 0 Å². The van der Waals surface area contributed by atoms with E-state index in [1.165, 1.54) is 0 Å². The van der Waals surface area contributed by atoms with Crippen molar-refractivity contribution < 1.29 is 30.3 Å². The van der Waals surface area contributed by atoms with Crippen LogP contribution >= 0.6 is 0 Å². The van der Waals surface area contributed by atoms with E-state index in [-0.39, 0.29) is 25.7 Å². The SMILES string of the molecule is OC[C@H]1OC(O)(Cc2ccccc2)[C@@](O)(Cc2ccccc2)[C@](O)(Cc2ccccc2)[C@@]1(O)Cc1ccccc1. The first kappa shape index (κ1) is 28.2. The molecular weight excluding hydrogens is 504 g/mol. The van der Waals surface area contributed by atoms with E-state index in [1.54, 1.807) is 48.5 Å². The van der Waals surface area contributed by atoms with Gasteiger partial charge >= 0.3 is 0 Å². The average Bonchev–Trinajstić information content (AvgIpc) is 2.97. The van der Waals surface area contributed by atoms with Crippen LogP contribution in [0.5, 0.6) is 0 Å². The second-order valence-corrected chi connectivity index (χ2v) is 10.9. The maximum Gasteiger partial charge on any atom is 0.202 e. The molecule has 0 bridgehead atoms. The first-order valence-corrected chi connectivity index (χ1v) is 13.6. The lowest BCUT2D eigenvalue weighted by Crippen LogP contribution is -2.86. The Balaban J connectivity index is 1.74. The van der Waals surface area contributed by atoms with E-state index in [0.717, 1.165) is 0 Å². The van der Waals surface area contributed by atoms with Crippen LogP contribution in [0.15, 0.2) is 121 Å². The largest absolute Gasteiger partial charge is 0.394 e. The van der Waals surface area contributed by atoms with Gasteiger partial charge in [0, 0.05) is 25.7 Å². The molecule has 1 fully saturated rings. The number of hydrogen-bond donors (Lipinski definition) is 5. The monoisotopic (exact) mass is 540 g/mol. The molecule has 0 saturated carbocycles. The summed E-state index contributed by atoms with van der Waals surface area (Å²) in [7, 11) is 0. The van der Waals surface area contributed by atoms with Gasteiger partial charge in [-0.2, -0.15) is 0 Å². The van der Waals surface area contributed by atoms with Crippen LogP contribution in [0.25, 0.3) is 0 Å². The van der Waals surface area contributed by atoms with Crippen molar-refractivity contribution in [2.45, 2.75) is 54.4 Å². The Morgan fingerprint density at radius 1 is 0.475 bits per heavy atom. The van der Waals surface area contributed by atoms with E-state index in [2.05, 4.69) is 0 Å². The maximum atomic E-state index is 12.9. The zero-order valence-corrected chi connectivity index (χ0v) is 22.3. The molecular formula is C34H36O6. The van der Waals surface area contributed by atoms with Crippen LogP contribution in [0.1, 0.15) is 22.3 Å². The van der Waals surface area contributed by atoms with E-state index < -0.39 is 35.3 Å². The van der Waals surface area contributed by atoms with Gasteiger partial charge in [0.05, 0.1) is 6.61 Å². The third-order valence-corrected chi connectivity index (χ3v) is 8.29. The molecule has 0 aliphatic carbocycles. The number of aliphatic hydroxyl groups is 5. The molecule has 6 heteroatoms. The Kier molecular flexibility index (Phi) is 7.93. The molecule has 1 heterocycles. The smallest absolute Gasteiger partial charge is 0.202 e. The molecule has 1 saturated heterocycles. The minimum Gasteiger partial charge on any atom is -0.394 e. The fourth-order valence-electron chi connectivity index (χ4n) is 6.16. The number of ether oxygens (including phenoxy) is 1. The summed E-state index contributed by atoms with van der Waals surface area (Å²) >= 11 is 0. The third-order valence-electron chi connectivity index (χ3n) is 8.29. The van der Waals surface area contributed by atoms with Crippen LogP contribution in [0, 0.1) is 0 Å². The van der Waals surface area contributed by atoms with Crippen LogP contribution in [0.4, 0.5) is 0 Å². The van der Waals surface area contributed by atoms with E-state index in [0.29, 0.717) is 22.3 Å². The van der Waals surface area contributed by atoms with E-state index >= 15 is 0 Å². The quantitative estimate of drug-likeness (QED) is 0.223. The second kappa shape index (κ2) is 11.3. The first-order valence-electron chi connectivity index (χ1n) is 13.6. The first-order chi connectivity index (χ1) is 19.2. The van der Waals surface area contributed by atoms with Gasteiger partial charge in [0.15, 0.2) is 5.60 Å². The van der Waals surface area contributed by atoms with Crippen LogP contribution < -0.4 is 0 Å². The van der Waals surface area contributed by atoms with Gasteiger partial charge < -0.3 is 30.3 Å². The molecule has 0 aromatic heterocycles. The maximum absolute atomic E-state index is 12.9. The number of benzene rings is 4. The Morgan fingerprint density at radius 3 is 1.23 bits per heavy atom. The van der Waals surface area contributed by atoms with Crippen molar-refractivity contribution in [2.75, 3.05) is 6.61 Å². The molecule has 0 radical (unpaired) electrons. The van der Waals surface area contributed by atoms with Gasteiger partial charge in [0.2, 0.25) is 5.79 Å². The molecule has 0 amide bonds. The van der Waals surface area contributed by atoms with Gasteiger partial charge in [-0.3, -0.25) is 0 Å². The minimum absolute atomic E-state index is 0.138. The molecule has 5 rings (SSSR count). The van der Waals surface area contributed by atoms with E-state index in [9.17, 15) is 25.5 Å². The highest BCUT2D eigenvalue weighted by Gasteiger charge is 2.76. The zero-order valence-electron chi connectivity index (χ0n) is 22.3. The Labute approximate surface area is 234 Å². The van der Waals surface area contributed by atoms with Crippen LogP contribution in [-0.2, 0) is 30.4 Å². The second-order valence-electron chi connectivity index (χ2n) is 10.9. The molecule has 4 aromatic carbocycles. The lowest BCUT2D eigenvalue weighted by Gasteiger charge is -2.64. The molecule has 1 unspecified atom stereocenters. The highest BCUT2D eigenvalue weighted by atomic mass is 16.7. The van der Waals surface area contributed by atoms with Crippen molar-refractivity contribution >= 4 is 0 Å². The summed E-state index contributed by atoms with van der Waals surface area (Å²) in [5.74, 6) is -2.38. The predicted octanol–water partition coefficient (Wildman–Crippen LogP) is 3.23. The summed E-state index contributed by atoms with van der Waals surface area (Å²) in [6.45, 7) is -0.695. The van der Waals surface area contributed by atoms with Gasteiger partial charge in [-0.15, -0.1) is 0 Å². The molecule has 0 spiro atoms. The number of aliphatic hydroxyl groups excluding tert-OH is 1. The standard InChI is InChI=1S/C34H36O6/c35-25-30-31(36,21-26-13-5-1-6-14-26)32(37,22-27-15-7-2-8-16-27)33(38,23-28-17-9-3-10-18-28)34(39,40-30)24-29-19-11-4-12-20-29/h1-20,30,35-39H,21-25H2/t30-,31-,32+,33-,34?/m1/s1. The Hall–Kier alpha value is -3.36. The summed E-state index contributed by atoms with van der Waals surface area (Å²) in [5, 5.41) is 61.3. The minimum atomic E-state index is -2.43. The number of rotatable bonds is 9.